The molecule has 3 heterocycles. The quantitative estimate of drug-likeness (QED) is 0.467. The molecule has 1 aromatic carbocycles. The lowest BCUT2D eigenvalue weighted by Gasteiger charge is -2.33. The van der Waals surface area contributed by atoms with E-state index in [1.54, 1.807) is 6.92 Å². The number of carbonyl (C=O) groups is 3. The number of esters is 2. The molecule has 7 heteroatoms. The Kier molecular flexibility index (Phi) is 3.71. The van der Waals surface area contributed by atoms with E-state index in [-0.39, 0.29) is 30.8 Å². The summed E-state index contributed by atoms with van der Waals surface area (Å²) in [6.45, 7) is 1.86. The SMILES string of the molecule is CC1CC(=C2O[C@@H]3CC(=O)N3C2C(=O)OCc2ccccc2)C(=O)O1. The molecule has 3 saturated heterocycles. The zero-order chi connectivity index (χ0) is 17.6. The minimum Gasteiger partial charge on any atom is -0.471 e. The van der Waals surface area contributed by atoms with Gasteiger partial charge in [0, 0.05) is 6.42 Å². The summed E-state index contributed by atoms with van der Waals surface area (Å²) in [7, 11) is 0. The fourth-order valence-corrected chi connectivity index (χ4v) is 3.28. The van der Waals surface area contributed by atoms with Crippen LogP contribution in [-0.2, 0) is 35.2 Å². The summed E-state index contributed by atoms with van der Waals surface area (Å²) in [4.78, 5) is 37.9. The average molecular weight is 343 g/mol. The number of amides is 1. The van der Waals surface area contributed by atoms with Crippen molar-refractivity contribution < 1.29 is 28.6 Å². The molecule has 25 heavy (non-hydrogen) atoms. The van der Waals surface area contributed by atoms with E-state index in [0.717, 1.165) is 5.56 Å². The average Bonchev–Trinajstić information content (AvgIpc) is 3.09. The molecule has 3 fully saturated rings. The number of hydrogen-bond donors (Lipinski definition) is 0. The minimum atomic E-state index is -1.01. The molecule has 4 rings (SSSR count). The monoisotopic (exact) mass is 343 g/mol. The van der Waals surface area contributed by atoms with Gasteiger partial charge in [0.1, 0.15) is 18.5 Å². The first-order chi connectivity index (χ1) is 12.0. The van der Waals surface area contributed by atoms with Crippen molar-refractivity contribution in [1.29, 1.82) is 0 Å². The van der Waals surface area contributed by atoms with Crippen molar-refractivity contribution >= 4 is 17.8 Å². The van der Waals surface area contributed by atoms with Gasteiger partial charge in [-0.3, -0.25) is 9.69 Å². The molecule has 3 atom stereocenters. The first-order valence-electron chi connectivity index (χ1n) is 8.17. The summed E-state index contributed by atoms with van der Waals surface area (Å²) in [5.41, 5.74) is 1.15. The van der Waals surface area contributed by atoms with Crippen LogP contribution in [0.1, 0.15) is 25.3 Å². The molecule has 3 aliphatic heterocycles. The molecule has 1 amide bonds. The summed E-state index contributed by atoms with van der Waals surface area (Å²) >= 11 is 0. The Bertz CT molecular complexity index is 771. The van der Waals surface area contributed by atoms with E-state index in [1.807, 2.05) is 30.3 Å². The molecule has 0 saturated carbocycles. The van der Waals surface area contributed by atoms with Crippen molar-refractivity contribution in [3.8, 4) is 0 Å². The van der Waals surface area contributed by atoms with Gasteiger partial charge in [0.15, 0.2) is 12.3 Å². The molecule has 0 radical (unpaired) electrons. The highest BCUT2D eigenvalue weighted by atomic mass is 16.6. The normalized spacial score (nSPS) is 30.4. The number of ether oxygens (including phenoxy) is 3. The molecular weight excluding hydrogens is 326 g/mol. The van der Waals surface area contributed by atoms with E-state index in [2.05, 4.69) is 0 Å². The second-order valence-electron chi connectivity index (χ2n) is 6.34. The Morgan fingerprint density at radius 3 is 2.60 bits per heavy atom. The summed E-state index contributed by atoms with van der Waals surface area (Å²) in [5, 5.41) is 0. The standard InChI is InChI=1S/C18H17NO6/c1-10-7-12(17(21)24-10)16-15(19-13(20)8-14(19)25-16)18(22)23-9-11-5-3-2-4-6-11/h2-6,10,14-15H,7-9H2,1H3/t10?,14-,15?/m1/s1. The topological polar surface area (TPSA) is 82.1 Å². The van der Waals surface area contributed by atoms with Crippen molar-refractivity contribution in [3.63, 3.8) is 0 Å². The van der Waals surface area contributed by atoms with Gasteiger partial charge >= 0.3 is 11.9 Å². The number of benzene rings is 1. The second-order valence-corrected chi connectivity index (χ2v) is 6.34. The van der Waals surface area contributed by atoms with Crippen molar-refractivity contribution in [2.75, 3.05) is 0 Å². The number of carbonyl (C=O) groups excluding carboxylic acids is 3. The number of nitrogens with zero attached hydrogens (tertiary/aromatic N) is 1. The summed E-state index contributed by atoms with van der Waals surface area (Å²) in [6, 6.07) is 8.23. The van der Waals surface area contributed by atoms with E-state index >= 15 is 0 Å². The Balaban J connectivity index is 1.58. The maximum atomic E-state index is 12.6. The predicted octanol–water partition coefficient (Wildman–Crippen LogP) is 1.28. The molecule has 0 bridgehead atoms. The molecule has 2 unspecified atom stereocenters. The molecule has 0 N–H and O–H groups in total. The summed E-state index contributed by atoms with van der Waals surface area (Å²) in [5.74, 6) is -1.10. The highest BCUT2D eigenvalue weighted by Crippen LogP contribution is 2.40. The first-order valence-corrected chi connectivity index (χ1v) is 8.17. The largest absolute Gasteiger partial charge is 0.471 e. The number of cyclic esters (lactones) is 1. The van der Waals surface area contributed by atoms with Gasteiger partial charge in [-0.25, -0.2) is 9.59 Å². The molecule has 0 spiro atoms. The first kappa shape index (κ1) is 15.7. The van der Waals surface area contributed by atoms with E-state index in [4.69, 9.17) is 14.2 Å². The van der Waals surface area contributed by atoms with Crippen LogP contribution in [0.25, 0.3) is 0 Å². The zero-order valence-electron chi connectivity index (χ0n) is 13.6. The number of hydrogen-bond acceptors (Lipinski definition) is 6. The van der Waals surface area contributed by atoms with Crippen LogP contribution < -0.4 is 0 Å². The Morgan fingerprint density at radius 2 is 1.96 bits per heavy atom. The zero-order valence-corrected chi connectivity index (χ0v) is 13.6. The number of fused-ring (bicyclic) bond motifs is 1. The van der Waals surface area contributed by atoms with Gasteiger partial charge in [0.05, 0.1) is 12.0 Å². The lowest BCUT2D eigenvalue weighted by atomic mass is 10.0. The van der Waals surface area contributed by atoms with Gasteiger partial charge in [0.25, 0.3) is 0 Å². The van der Waals surface area contributed by atoms with Gasteiger partial charge in [-0.1, -0.05) is 30.3 Å². The van der Waals surface area contributed by atoms with E-state index in [0.29, 0.717) is 12.0 Å². The molecule has 0 aromatic heterocycles. The van der Waals surface area contributed by atoms with Gasteiger partial charge < -0.3 is 14.2 Å². The van der Waals surface area contributed by atoms with Crippen LogP contribution in [0.15, 0.2) is 41.7 Å². The maximum absolute atomic E-state index is 12.6. The van der Waals surface area contributed by atoms with Gasteiger partial charge in [-0.2, -0.15) is 0 Å². The molecule has 3 aliphatic rings. The predicted molar refractivity (Wildman–Crippen MR) is 83.6 cm³/mol. The molecule has 130 valence electrons. The third kappa shape index (κ3) is 2.65. The Hall–Kier alpha value is -2.83. The van der Waals surface area contributed by atoms with Crippen LogP contribution in [0.4, 0.5) is 0 Å². The molecule has 0 aliphatic carbocycles. The van der Waals surface area contributed by atoms with E-state index in [9.17, 15) is 14.4 Å². The van der Waals surface area contributed by atoms with E-state index < -0.39 is 24.2 Å². The number of β-lactam (4-membered cyclic amide) rings is 1. The van der Waals surface area contributed by atoms with Crippen LogP contribution in [0, 0.1) is 0 Å². The van der Waals surface area contributed by atoms with E-state index in [1.165, 1.54) is 4.90 Å². The fourth-order valence-electron chi connectivity index (χ4n) is 3.28. The lowest BCUT2D eigenvalue weighted by Crippen LogP contribution is -2.55. The summed E-state index contributed by atoms with van der Waals surface area (Å²) in [6.07, 6.45) is -0.230. The Morgan fingerprint density at radius 1 is 1.20 bits per heavy atom. The van der Waals surface area contributed by atoms with Crippen molar-refractivity contribution in [2.45, 2.75) is 44.7 Å². The highest BCUT2D eigenvalue weighted by Gasteiger charge is 2.56. The van der Waals surface area contributed by atoms with Crippen molar-refractivity contribution in [2.24, 2.45) is 0 Å². The minimum absolute atomic E-state index is 0.0896. The van der Waals surface area contributed by atoms with Gasteiger partial charge in [0.2, 0.25) is 5.91 Å². The van der Waals surface area contributed by atoms with Crippen molar-refractivity contribution in [3.05, 3.63) is 47.2 Å². The molecule has 1 aromatic rings. The molecule has 7 nitrogen and oxygen atoms in total. The van der Waals surface area contributed by atoms with Gasteiger partial charge in [-0.15, -0.1) is 0 Å². The van der Waals surface area contributed by atoms with Crippen LogP contribution in [0.5, 0.6) is 0 Å². The third-order valence-corrected chi connectivity index (χ3v) is 4.53. The fraction of sp³-hybridized carbons (Fsp3) is 0.389. The second kappa shape index (κ2) is 5.91. The molecular formula is C18H17NO6. The van der Waals surface area contributed by atoms with Crippen LogP contribution in [-0.4, -0.2) is 41.1 Å². The van der Waals surface area contributed by atoms with Crippen molar-refractivity contribution in [1.82, 2.24) is 4.90 Å². The third-order valence-electron chi connectivity index (χ3n) is 4.53. The summed E-state index contributed by atoms with van der Waals surface area (Å²) < 4.78 is 16.2. The number of rotatable bonds is 3. The smallest absolute Gasteiger partial charge is 0.337 e. The lowest BCUT2D eigenvalue weighted by molar-refractivity contribution is -0.166. The van der Waals surface area contributed by atoms with Crippen LogP contribution in [0.3, 0.4) is 0 Å². The maximum Gasteiger partial charge on any atom is 0.337 e. The highest BCUT2D eigenvalue weighted by molar-refractivity contribution is 5.96. The van der Waals surface area contributed by atoms with Gasteiger partial charge in [-0.05, 0) is 12.5 Å². The Labute approximate surface area is 144 Å². The van der Waals surface area contributed by atoms with Crippen LogP contribution in [0.2, 0.25) is 0 Å². The van der Waals surface area contributed by atoms with Crippen LogP contribution >= 0.6 is 0 Å².